The zero-order chi connectivity index (χ0) is 14.7. The van der Waals surface area contributed by atoms with Crippen LogP contribution in [0.2, 0.25) is 0 Å². The third-order valence-corrected chi connectivity index (χ3v) is 9.27. The van der Waals surface area contributed by atoms with Gasteiger partial charge in [-0.2, -0.15) is 0 Å². The van der Waals surface area contributed by atoms with Gasteiger partial charge in [-0.1, -0.05) is 40.0 Å². The maximum Gasteiger partial charge on any atom is -0.0266 e. The molecule has 0 amide bonds. The molecule has 0 spiro atoms. The molecule has 0 aromatic rings. The highest BCUT2D eigenvalue weighted by Gasteiger charge is 2.59. The topological polar surface area (TPSA) is 0 Å². The van der Waals surface area contributed by atoms with E-state index >= 15 is 0 Å². The Bertz CT molecular complexity index is 399. The second kappa shape index (κ2) is 5.00. The summed E-state index contributed by atoms with van der Waals surface area (Å²) in [4.78, 5) is 0. The van der Waals surface area contributed by atoms with Crippen molar-refractivity contribution in [2.45, 2.75) is 91.4 Å². The Morgan fingerprint density at radius 2 is 1.57 bits per heavy atom. The first-order chi connectivity index (χ1) is 10.1. The summed E-state index contributed by atoms with van der Waals surface area (Å²) in [6.07, 6.45) is 17.0. The van der Waals surface area contributed by atoms with E-state index in [1.165, 1.54) is 19.3 Å². The molecule has 0 nitrogen and oxygen atoms in total. The molecule has 4 saturated carbocycles. The minimum Gasteiger partial charge on any atom is -0.0651 e. The van der Waals surface area contributed by atoms with Crippen LogP contribution in [0, 0.1) is 40.4 Å². The van der Waals surface area contributed by atoms with Gasteiger partial charge < -0.3 is 0 Å². The van der Waals surface area contributed by atoms with Crippen LogP contribution < -0.4 is 0 Å². The van der Waals surface area contributed by atoms with Crippen LogP contribution in [-0.4, -0.2) is 0 Å². The highest BCUT2D eigenvalue weighted by Crippen LogP contribution is 2.67. The van der Waals surface area contributed by atoms with Crippen molar-refractivity contribution in [1.29, 1.82) is 0 Å². The molecule has 0 bridgehead atoms. The molecule has 21 heavy (non-hydrogen) atoms. The Morgan fingerprint density at radius 3 is 2.38 bits per heavy atom. The molecule has 4 fully saturated rings. The monoisotopic (exact) mass is 288 g/mol. The van der Waals surface area contributed by atoms with Crippen molar-refractivity contribution < 1.29 is 0 Å². The van der Waals surface area contributed by atoms with Crippen LogP contribution >= 0.6 is 0 Å². The van der Waals surface area contributed by atoms with Crippen molar-refractivity contribution in [1.82, 2.24) is 0 Å². The minimum absolute atomic E-state index is 0.716. The molecule has 0 N–H and O–H groups in total. The molecule has 1 unspecified atom stereocenters. The van der Waals surface area contributed by atoms with Gasteiger partial charge in [0.05, 0.1) is 0 Å². The van der Waals surface area contributed by atoms with Gasteiger partial charge in [0.15, 0.2) is 0 Å². The van der Waals surface area contributed by atoms with Crippen LogP contribution in [0.15, 0.2) is 0 Å². The minimum atomic E-state index is 0.716. The van der Waals surface area contributed by atoms with Crippen molar-refractivity contribution in [3.63, 3.8) is 0 Å². The van der Waals surface area contributed by atoms with Crippen LogP contribution in [-0.2, 0) is 0 Å². The highest BCUT2D eigenvalue weighted by atomic mass is 14.6. The van der Waals surface area contributed by atoms with E-state index in [0.717, 1.165) is 35.0 Å². The summed E-state index contributed by atoms with van der Waals surface area (Å²) in [6.45, 7) is 7.84. The third-order valence-electron chi connectivity index (χ3n) is 9.27. The molecule has 0 heteroatoms. The lowest BCUT2D eigenvalue weighted by Crippen LogP contribution is -2.52. The Balaban J connectivity index is 1.62. The standard InChI is InChI=1S/C21H36/c1-4-15-9-11-18-17-10-8-16-7-5-6-13-20(16,2)19(17)12-14-21(15,18)3/h15-19H,4-14H2,1-3H3/t15-,16?,17-,18-,19-,20-,21-/m0/s1. The maximum atomic E-state index is 2.71. The first-order valence-corrected chi connectivity index (χ1v) is 10.1. The lowest BCUT2D eigenvalue weighted by Gasteiger charge is -2.60. The Morgan fingerprint density at radius 1 is 0.762 bits per heavy atom. The van der Waals surface area contributed by atoms with E-state index in [9.17, 15) is 0 Å². The molecule has 0 saturated heterocycles. The van der Waals surface area contributed by atoms with Crippen molar-refractivity contribution in [2.75, 3.05) is 0 Å². The molecule has 0 aliphatic heterocycles. The molecule has 4 rings (SSSR count). The summed E-state index contributed by atoms with van der Waals surface area (Å²) < 4.78 is 0. The van der Waals surface area contributed by atoms with E-state index in [2.05, 4.69) is 20.8 Å². The Hall–Kier alpha value is 0. The van der Waals surface area contributed by atoms with Crippen molar-refractivity contribution in [3.05, 3.63) is 0 Å². The lowest BCUT2D eigenvalue weighted by atomic mass is 9.45. The van der Waals surface area contributed by atoms with E-state index < -0.39 is 0 Å². The summed E-state index contributed by atoms with van der Waals surface area (Å²) in [6, 6.07) is 0. The van der Waals surface area contributed by atoms with Gasteiger partial charge in [0.25, 0.3) is 0 Å². The van der Waals surface area contributed by atoms with Crippen LogP contribution in [0.5, 0.6) is 0 Å². The molecular weight excluding hydrogens is 252 g/mol. The molecule has 0 radical (unpaired) electrons. The van der Waals surface area contributed by atoms with Crippen LogP contribution in [0.4, 0.5) is 0 Å². The maximum absolute atomic E-state index is 2.71. The van der Waals surface area contributed by atoms with Gasteiger partial charge in [0.1, 0.15) is 0 Å². The SMILES string of the molecule is CC[C@H]1CC[C@H]2[C@@H]3CCC4CCCC[C@]4(C)[C@H]3CC[C@@]12C. The Labute approximate surface area is 132 Å². The van der Waals surface area contributed by atoms with Crippen LogP contribution in [0.3, 0.4) is 0 Å². The second-order valence-corrected chi connectivity index (χ2v) is 9.63. The molecule has 0 aromatic carbocycles. The average Bonchev–Trinajstić information content (AvgIpc) is 2.83. The number of hydrogen-bond donors (Lipinski definition) is 0. The van der Waals surface area contributed by atoms with Gasteiger partial charge in [0.2, 0.25) is 0 Å². The van der Waals surface area contributed by atoms with E-state index in [1.54, 1.807) is 51.4 Å². The zero-order valence-electron chi connectivity index (χ0n) is 14.7. The quantitative estimate of drug-likeness (QED) is 0.520. The summed E-state index contributed by atoms with van der Waals surface area (Å²) in [7, 11) is 0. The van der Waals surface area contributed by atoms with E-state index in [0.29, 0.717) is 5.41 Å². The predicted molar refractivity (Wildman–Crippen MR) is 90.1 cm³/mol. The molecule has 4 aliphatic carbocycles. The van der Waals surface area contributed by atoms with E-state index in [-0.39, 0.29) is 0 Å². The summed E-state index contributed by atoms with van der Waals surface area (Å²) in [5, 5.41) is 0. The van der Waals surface area contributed by atoms with Gasteiger partial charge >= 0.3 is 0 Å². The zero-order valence-corrected chi connectivity index (χ0v) is 14.7. The molecule has 0 aromatic heterocycles. The Kier molecular flexibility index (Phi) is 3.47. The number of rotatable bonds is 1. The van der Waals surface area contributed by atoms with Crippen LogP contribution in [0.25, 0.3) is 0 Å². The molecule has 4 aliphatic rings. The fourth-order valence-electron chi connectivity index (χ4n) is 8.07. The van der Waals surface area contributed by atoms with Crippen molar-refractivity contribution in [3.8, 4) is 0 Å². The van der Waals surface area contributed by atoms with Gasteiger partial charge in [0, 0.05) is 0 Å². The van der Waals surface area contributed by atoms with Gasteiger partial charge in [-0.05, 0) is 91.8 Å². The molecule has 0 heterocycles. The summed E-state index contributed by atoms with van der Waals surface area (Å²) >= 11 is 0. The van der Waals surface area contributed by atoms with Crippen molar-refractivity contribution in [2.24, 2.45) is 40.4 Å². The van der Waals surface area contributed by atoms with E-state index in [4.69, 9.17) is 0 Å². The molecular formula is C21H36. The second-order valence-electron chi connectivity index (χ2n) is 9.63. The molecule has 120 valence electrons. The van der Waals surface area contributed by atoms with Gasteiger partial charge in [-0.3, -0.25) is 0 Å². The third kappa shape index (κ3) is 1.93. The number of hydrogen-bond acceptors (Lipinski definition) is 0. The lowest BCUT2D eigenvalue weighted by molar-refractivity contribution is -0.110. The van der Waals surface area contributed by atoms with Gasteiger partial charge in [-0.15, -0.1) is 0 Å². The summed E-state index contributed by atoms with van der Waals surface area (Å²) in [5.41, 5.74) is 1.45. The highest BCUT2D eigenvalue weighted by molar-refractivity contribution is 5.08. The first kappa shape index (κ1) is 14.6. The fraction of sp³-hybridized carbons (Fsp3) is 1.00. The summed E-state index contributed by atoms with van der Waals surface area (Å²) in [5.74, 6) is 5.39. The van der Waals surface area contributed by atoms with Gasteiger partial charge in [-0.25, -0.2) is 0 Å². The average molecular weight is 289 g/mol. The largest absolute Gasteiger partial charge is 0.0651 e. The van der Waals surface area contributed by atoms with E-state index in [1.807, 2.05) is 0 Å². The smallest absolute Gasteiger partial charge is 0.0266 e. The first-order valence-electron chi connectivity index (χ1n) is 10.1. The predicted octanol–water partition coefficient (Wildman–Crippen LogP) is 6.45. The normalized spacial score (nSPS) is 56.4. The molecule has 7 atom stereocenters. The van der Waals surface area contributed by atoms with Crippen molar-refractivity contribution >= 4 is 0 Å². The fourth-order valence-corrected chi connectivity index (χ4v) is 8.07. The van der Waals surface area contributed by atoms with Crippen LogP contribution in [0.1, 0.15) is 91.4 Å². The number of fused-ring (bicyclic) bond motifs is 5.